The van der Waals surface area contributed by atoms with Crippen LogP contribution in [0.3, 0.4) is 0 Å². The topological polar surface area (TPSA) is 72.3 Å². The number of hydrogen-bond acceptors (Lipinski definition) is 2. The molecule has 0 spiro atoms. The lowest BCUT2D eigenvalue weighted by molar-refractivity contribution is 0.255. The first-order valence-corrected chi connectivity index (χ1v) is 4.37. The first kappa shape index (κ1) is 10.5. The predicted molar refractivity (Wildman–Crippen MR) is 60.3 cm³/mol. The number of nitrogens with zero attached hydrogens (tertiary/aromatic N) is 1. The van der Waals surface area contributed by atoms with Gasteiger partial charge in [-0.1, -0.05) is 24.4 Å². The Hall–Kier alpha value is -1.62. The van der Waals surface area contributed by atoms with Gasteiger partial charge in [0.25, 0.3) is 0 Å². The summed E-state index contributed by atoms with van der Waals surface area (Å²) in [4.78, 5) is 12.5. The number of nitrogens with two attached hydrogens (primary N) is 2. The van der Waals surface area contributed by atoms with Crippen molar-refractivity contribution in [3.05, 3.63) is 29.8 Å². The van der Waals surface area contributed by atoms with E-state index in [9.17, 15) is 4.79 Å². The number of para-hydroxylation sites is 1. The van der Waals surface area contributed by atoms with Crippen molar-refractivity contribution in [2.24, 2.45) is 11.5 Å². The Balaban J connectivity index is 3.19. The molecule has 0 saturated carbocycles. The van der Waals surface area contributed by atoms with Crippen LogP contribution in [0.4, 0.5) is 10.5 Å². The summed E-state index contributed by atoms with van der Waals surface area (Å²) in [5.41, 5.74) is 11.9. The standard InChI is InChI=1S/C9H11N3OS/c1-12(9(11)13)7-5-3-2-4-6(7)8(10)14/h2-5H,1H3,(H2,10,14)(H2,11,13). The average Bonchev–Trinajstić information content (AvgIpc) is 2.16. The molecule has 0 aliphatic carbocycles. The highest BCUT2D eigenvalue weighted by molar-refractivity contribution is 7.80. The number of carbonyl (C=O) groups is 1. The maximum absolute atomic E-state index is 10.9. The quantitative estimate of drug-likeness (QED) is 0.709. The molecule has 74 valence electrons. The van der Waals surface area contributed by atoms with E-state index < -0.39 is 6.03 Å². The van der Waals surface area contributed by atoms with Crippen LogP contribution in [0.2, 0.25) is 0 Å². The molecule has 0 aliphatic rings. The molecule has 0 aliphatic heterocycles. The fourth-order valence-electron chi connectivity index (χ4n) is 1.09. The Morgan fingerprint density at radius 1 is 1.36 bits per heavy atom. The number of rotatable bonds is 2. The number of hydrogen-bond donors (Lipinski definition) is 2. The summed E-state index contributed by atoms with van der Waals surface area (Å²) in [6.45, 7) is 0. The van der Waals surface area contributed by atoms with Gasteiger partial charge in [-0.2, -0.15) is 0 Å². The van der Waals surface area contributed by atoms with Crippen molar-refractivity contribution < 1.29 is 4.79 Å². The number of carbonyl (C=O) groups excluding carboxylic acids is 1. The molecule has 0 aromatic heterocycles. The molecule has 0 fully saturated rings. The second-order valence-electron chi connectivity index (χ2n) is 2.78. The summed E-state index contributed by atoms with van der Waals surface area (Å²) in [7, 11) is 1.57. The molecule has 0 saturated heterocycles. The van der Waals surface area contributed by atoms with Crippen molar-refractivity contribution in [3.63, 3.8) is 0 Å². The van der Waals surface area contributed by atoms with E-state index in [2.05, 4.69) is 0 Å². The lowest BCUT2D eigenvalue weighted by atomic mass is 10.1. The van der Waals surface area contributed by atoms with Gasteiger partial charge in [-0.15, -0.1) is 0 Å². The SMILES string of the molecule is CN(C(N)=O)c1ccccc1C(N)=S. The summed E-state index contributed by atoms with van der Waals surface area (Å²) < 4.78 is 0. The molecule has 0 atom stereocenters. The molecule has 1 aromatic rings. The summed E-state index contributed by atoms with van der Waals surface area (Å²) in [5, 5.41) is 0. The lowest BCUT2D eigenvalue weighted by Gasteiger charge is -2.17. The average molecular weight is 209 g/mol. The van der Waals surface area contributed by atoms with E-state index in [1.807, 2.05) is 0 Å². The third kappa shape index (κ3) is 2.00. The Bertz CT molecular complexity index is 378. The maximum atomic E-state index is 10.9. The van der Waals surface area contributed by atoms with Crippen molar-refractivity contribution in [1.82, 2.24) is 0 Å². The first-order chi connectivity index (χ1) is 6.54. The molecule has 2 amide bonds. The van der Waals surface area contributed by atoms with Crippen LogP contribution in [0, 0.1) is 0 Å². The molecule has 1 aromatic carbocycles. The van der Waals surface area contributed by atoms with E-state index in [0.717, 1.165) is 0 Å². The van der Waals surface area contributed by atoms with Crippen LogP contribution in [0.5, 0.6) is 0 Å². The van der Waals surface area contributed by atoms with Crippen LogP contribution in [0.25, 0.3) is 0 Å². The normalized spacial score (nSPS) is 9.50. The van der Waals surface area contributed by atoms with Crippen molar-refractivity contribution in [1.29, 1.82) is 0 Å². The molecule has 4 nitrogen and oxygen atoms in total. The van der Waals surface area contributed by atoms with Gasteiger partial charge in [0.05, 0.1) is 5.69 Å². The van der Waals surface area contributed by atoms with Gasteiger partial charge in [-0.05, 0) is 12.1 Å². The minimum absolute atomic E-state index is 0.244. The van der Waals surface area contributed by atoms with Gasteiger partial charge in [0.2, 0.25) is 0 Å². The fourth-order valence-corrected chi connectivity index (χ4v) is 1.27. The highest BCUT2D eigenvalue weighted by Crippen LogP contribution is 2.18. The highest BCUT2D eigenvalue weighted by Gasteiger charge is 2.11. The van der Waals surface area contributed by atoms with Crippen molar-refractivity contribution in [2.45, 2.75) is 0 Å². The molecular weight excluding hydrogens is 198 g/mol. The minimum atomic E-state index is -0.547. The van der Waals surface area contributed by atoms with E-state index in [1.165, 1.54) is 4.90 Å². The number of anilines is 1. The third-order valence-electron chi connectivity index (χ3n) is 1.86. The molecular formula is C9H11N3OS. The molecule has 0 bridgehead atoms. The van der Waals surface area contributed by atoms with Crippen molar-refractivity contribution >= 4 is 28.9 Å². The molecule has 14 heavy (non-hydrogen) atoms. The van der Waals surface area contributed by atoms with Crippen LogP contribution in [-0.2, 0) is 0 Å². The maximum Gasteiger partial charge on any atom is 0.319 e. The predicted octanol–water partition coefficient (Wildman–Crippen LogP) is 0.836. The molecule has 1 rings (SSSR count). The zero-order valence-electron chi connectivity index (χ0n) is 7.73. The Labute approximate surface area is 87.5 Å². The van der Waals surface area contributed by atoms with Crippen LogP contribution >= 0.6 is 12.2 Å². The molecule has 0 unspecified atom stereocenters. The second kappa shape index (κ2) is 4.06. The first-order valence-electron chi connectivity index (χ1n) is 3.96. The Kier molecular flexibility index (Phi) is 3.03. The van der Waals surface area contributed by atoms with Gasteiger partial charge in [0.1, 0.15) is 4.99 Å². The lowest BCUT2D eigenvalue weighted by Crippen LogP contribution is -2.33. The second-order valence-corrected chi connectivity index (χ2v) is 3.22. The third-order valence-corrected chi connectivity index (χ3v) is 2.08. The Morgan fingerprint density at radius 3 is 2.43 bits per heavy atom. The van der Waals surface area contributed by atoms with Gasteiger partial charge in [0.15, 0.2) is 0 Å². The summed E-state index contributed by atoms with van der Waals surface area (Å²) >= 11 is 4.85. The zero-order chi connectivity index (χ0) is 10.7. The van der Waals surface area contributed by atoms with E-state index >= 15 is 0 Å². The number of thiocarbonyl (C=S) groups is 1. The van der Waals surface area contributed by atoms with Gasteiger partial charge in [-0.3, -0.25) is 4.90 Å². The summed E-state index contributed by atoms with van der Waals surface area (Å²) in [5.74, 6) is 0. The number of primary amides is 1. The summed E-state index contributed by atoms with van der Waals surface area (Å²) in [6.07, 6.45) is 0. The number of amides is 2. The minimum Gasteiger partial charge on any atom is -0.389 e. The van der Waals surface area contributed by atoms with Crippen molar-refractivity contribution in [3.8, 4) is 0 Å². The van der Waals surface area contributed by atoms with E-state index in [1.54, 1.807) is 31.3 Å². The van der Waals surface area contributed by atoms with Gasteiger partial charge >= 0.3 is 6.03 Å². The number of benzene rings is 1. The largest absolute Gasteiger partial charge is 0.389 e. The number of urea groups is 1. The van der Waals surface area contributed by atoms with Gasteiger partial charge in [0, 0.05) is 12.6 Å². The highest BCUT2D eigenvalue weighted by atomic mass is 32.1. The van der Waals surface area contributed by atoms with E-state index in [0.29, 0.717) is 11.3 Å². The molecule has 0 radical (unpaired) electrons. The van der Waals surface area contributed by atoms with Crippen molar-refractivity contribution in [2.75, 3.05) is 11.9 Å². The van der Waals surface area contributed by atoms with Gasteiger partial charge in [-0.25, -0.2) is 4.79 Å². The molecule has 5 heteroatoms. The van der Waals surface area contributed by atoms with Gasteiger partial charge < -0.3 is 11.5 Å². The van der Waals surface area contributed by atoms with Crippen LogP contribution in [-0.4, -0.2) is 18.1 Å². The van der Waals surface area contributed by atoms with E-state index in [-0.39, 0.29) is 4.99 Å². The molecule has 0 heterocycles. The van der Waals surface area contributed by atoms with Crippen LogP contribution in [0.15, 0.2) is 24.3 Å². The molecule has 4 N–H and O–H groups in total. The summed E-state index contributed by atoms with van der Waals surface area (Å²) in [6, 6.07) is 6.52. The Morgan fingerprint density at radius 2 is 1.93 bits per heavy atom. The zero-order valence-corrected chi connectivity index (χ0v) is 8.54. The van der Waals surface area contributed by atoms with Crippen LogP contribution < -0.4 is 16.4 Å². The smallest absolute Gasteiger partial charge is 0.319 e. The van der Waals surface area contributed by atoms with Crippen LogP contribution in [0.1, 0.15) is 5.56 Å². The fraction of sp³-hybridized carbons (Fsp3) is 0.111. The van der Waals surface area contributed by atoms with E-state index in [4.69, 9.17) is 23.7 Å². The monoisotopic (exact) mass is 209 g/mol.